The highest BCUT2D eigenvalue weighted by Crippen LogP contribution is 2.35. The molecule has 4 rings (SSSR count). The summed E-state index contributed by atoms with van der Waals surface area (Å²) in [6.07, 6.45) is 4.13. The number of aromatic nitrogens is 2. The predicted octanol–water partition coefficient (Wildman–Crippen LogP) is 3.65. The topological polar surface area (TPSA) is 71.7 Å². The fourth-order valence-corrected chi connectivity index (χ4v) is 4.81. The third-order valence-electron chi connectivity index (χ3n) is 5.98. The summed E-state index contributed by atoms with van der Waals surface area (Å²) in [6, 6.07) is 9.50. The molecule has 3 heterocycles. The van der Waals surface area contributed by atoms with Crippen molar-refractivity contribution in [1.29, 1.82) is 0 Å². The van der Waals surface area contributed by atoms with Gasteiger partial charge in [0.15, 0.2) is 5.16 Å². The average molecular weight is 438 g/mol. The highest BCUT2D eigenvalue weighted by molar-refractivity contribution is 7.98. The van der Waals surface area contributed by atoms with Crippen LogP contribution >= 0.6 is 11.8 Å². The number of rotatable bonds is 5. The summed E-state index contributed by atoms with van der Waals surface area (Å²) in [5.41, 5.74) is 4.41. The monoisotopic (exact) mass is 437 g/mol. The molecule has 31 heavy (non-hydrogen) atoms. The Labute approximate surface area is 187 Å². The predicted molar refractivity (Wildman–Crippen MR) is 120 cm³/mol. The van der Waals surface area contributed by atoms with E-state index < -0.39 is 0 Å². The van der Waals surface area contributed by atoms with Gasteiger partial charge in [-0.3, -0.25) is 4.90 Å². The van der Waals surface area contributed by atoms with Crippen molar-refractivity contribution in [2.45, 2.75) is 49.5 Å². The largest absolute Gasteiger partial charge is 0.445 e. The number of nitrogens with zero attached hydrogens (tertiary/aromatic N) is 4. The van der Waals surface area contributed by atoms with Gasteiger partial charge in [-0.15, -0.1) is 0 Å². The number of ether oxygens (including phenoxy) is 1. The third kappa shape index (κ3) is 5.00. The first-order valence-electron chi connectivity index (χ1n) is 10.6. The summed E-state index contributed by atoms with van der Waals surface area (Å²) in [6.45, 7) is 10.2. The average Bonchev–Trinajstić information content (AvgIpc) is 2.82. The Kier molecular flexibility index (Phi) is 7.05. The van der Waals surface area contributed by atoms with Crippen molar-refractivity contribution in [3.8, 4) is 0 Å². The maximum absolute atomic E-state index is 12.8. The minimum atomic E-state index is -0.338. The van der Waals surface area contributed by atoms with Crippen molar-refractivity contribution < 1.29 is 9.53 Å². The summed E-state index contributed by atoms with van der Waals surface area (Å²) < 4.78 is 5.56. The molecule has 1 aromatic carbocycles. The Morgan fingerprint density at radius 1 is 1.35 bits per heavy atom. The van der Waals surface area contributed by atoms with Crippen LogP contribution < -0.4 is 5.32 Å². The number of carbonyl (C=O) groups is 1. The number of thioether (sulfide) groups is 1. The van der Waals surface area contributed by atoms with Gasteiger partial charge in [0.25, 0.3) is 0 Å². The molecule has 1 unspecified atom stereocenters. The molecular weight excluding hydrogens is 410 g/mol. The van der Waals surface area contributed by atoms with Crippen molar-refractivity contribution >= 4 is 17.9 Å². The molecule has 0 saturated carbocycles. The Morgan fingerprint density at radius 3 is 2.97 bits per heavy atom. The van der Waals surface area contributed by atoms with Gasteiger partial charge in [0, 0.05) is 19.0 Å². The van der Waals surface area contributed by atoms with E-state index >= 15 is 0 Å². The lowest BCUT2D eigenvalue weighted by Crippen LogP contribution is -2.47. The molecule has 1 N–H and O–H groups in total. The number of likely N-dealkylation sites (tertiary alicyclic amines) is 1. The van der Waals surface area contributed by atoms with Crippen molar-refractivity contribution in [3.05, 3.63) is 64.3 Å². The molecule has 2 atom stereocenters. The Hall–Kier alpha value is -2.63. The lowest BCUT2D eigenvalue weighted by molar-refractivity contribution is 0.0674. The molecule has 162 valence electrons. The summed E-state index contributed by atoms with van der Waals surface area (Å²) >= 11 is 1.56. The summed E-state index contributed by atoms with van der Waals surface area (Å²) in [5, 5.41) is 4.19. The van der Waals surface area contributed by atoms with Crippen LogP contribution in [0, 0.1) is 6.57 Å². The van der Waals surface area contributed by atoms with Gasteiger partial charge in [-0.25, -0.2) is 21.3 Å². The van der Waals surface area contributed by atoms with Crippen LogP contribution in [0.15, 0.2) is 35.5 Å². The summed E-state index contributed by atoms with van der Waals surface area (Å²) in [4.78, 5) is 27.7. The van der Waals surface area contributed by atoms with E-state index in [4.69, 9.17) is 21.3 Å². The van der Waals surface area contributed by atoms with Crippen LogP contribution in [0.4, 0.5) is 4.79 Å². The zero-order valence-electron chi connectivity index (χ0n) is 17.7. The van der Waals surface area contributed by atoms with Crippen molar-refractivity contribution in [2.24, 2.45) is 0 Å². The highest BCUT2D eigenvalue weighted by atomic mass is 32.2. The van der Waals surface area contributed by atoms with Gasteiger partial charge in [0.2, 0.25) is 6.54 Å². The van der Waals surface area contributed by atoms with Gasteiger partial charge >= 0.3 is 6.09 Å². The van der Waals surface area contributed by atoms with Crippen molar-refractivity contribution in [1.82, 2.24) is 20.2 Å². The second kappa shape index (κ2) is 10.1. The van der Waals surface area contributed by atoms with Crippen LogP contribution in [0.1, 0.15) is 41.3 Å². The van der Waals surface area contributed by atoms with E-state index in [1.165, 1.54) is 5.56 Å². The summed E-state index contributed by atoms with van der Waals surface area (Å²) in [5.74, 6) is 0.227. The molecule has 1 saturated heterocycles. The number of amides is 1. The van der Waals surface area contributed by atoms with E-state index in [2.05, 4.69) is 10.2 Å². The standard InChI is InChI=1S/C23H27N5O2S/c1-24-13-18-12-17(21-19-8-10-25-14-20(19)26-22(27-21)31-2)9-11-28(18)23(29)30-15-16-6-4-3-5-7-16/h3-7,17-18,25H,8-15H2,2H3/t17?,18-/m1/s1. The minimum absolute atomic E-state index is 0.162. The van der Waals surface area contributed by atoms with E-state index in [0.29, 0.717) is 6.54 Å². The Morgan fingerprint density at radius 2 is 2.19 bits per heavy atom. The van der Waals surface area contributed by atoms with Crippen LogP contribution in [0.3, 0.4) is 0 Å². The lowest BCUT2D eigenvalue weighted by Gasteiger charge is -2.37. The van der Waals surface area contributed by atoms with Gasteiger partial charge in [0.05, 0.1) is 11.4 Å². The van der Waals surface area contributed by atoms with E-state index in [1.54, 1.807) is 16.7 Å². The molecule has 2 aliphatic rings. The Bertz CT molecular complexity index is 962. The molecular formula is C23H27N5O2S. The van der Waals surface area contributed by atoms with Crippen LogP contribution in [0.2, 0.25) is 0 Å². The second-order valence-electron chi connectivity index (χ2n) is 7.90. The molecule has 2 aliphatic heterocycles. The van der Waals surface area contributed by atoms with Gasteiger partial charge in [-0.1, -0.05) is 42.1 Å². The number of hydrogen-bond donors (Lipinski definition) is 1. The van der Waals surface area contributed by atoms with E-state index in [-0.39, 0.29) is 31.2 Å². The SMILES string of the molecule is [C-]#[N+]C[C@H]1CC(c2nc(SC)nc3c2CCNC3)CCN1C(=O)OCc1ccccc1. The van der Waals surface area contributed by atoms with Crippen LogP contribution in [0.25, 0.3) is 4.85 Å². The smallest absolute Gasteiger partial charge is 0.410 e. The van der Waals surface area contributed by atoms with E-state index in [1.807, 2.05) is 36.6 Å². The summed E-state index contributed by atoms with van der Waals surface area (Å²) in [7, 11) is 0. The molecule has 8 heteroatoms. The molecule has 0 bridgehead atoms. The molecule has 0 spiro atoms. The maximum atomic E-state index is 12.8. The maximum Gasteiger partial charge on any atom is 0.410 e. The quantitative estimate of drug-likeness (QED) is 0.437. The van der Waals surface area contributed by atoms with Crippen LogP contribution in [-0.4, -0.2) is 52.9 Å². The molecule has 0 radical (unpaired) electrons. The first-order valence-corrected chi connectivity index (χ1v) is 11.9. The number of fused-ring (bicyclic) bond motifs is 1. The first-order chi connectivity index (χ1) is 15.2. The third-order valence-corrected chi connectivity index (χ3v) is 6.52. The fourth-order valence-electron chi connectivity index (χ4n) is 4.41. The fraction of sp³-hybridized carbons (Fsp3) is 0.478. The molecule has 2 aromatic rings. The zero-order valence-corrected chi connectivity index (χ0v) is 18.5. The number of benzene rings is 1. The molecule has 1 aromatic heterocycles. The van der Waals surface area contributed by atoms with Crippen LogP contribution in [-0.2, 0) is 24.3 Å². The molecule has 7 nitrogen and oxygen atoms in total. The number of carbonyl (C=O) groups excluding carboxylic acids is 1. The Balaban J connectivity index is 1.49. The second-order valence-corrected chi connectivity index (χ2v) is 8.67. The molecule has 1 fully saturated rings. The van der Waals surface area contributed by atoms with Crippen LogP contribution in [0.5, 0.6) is 0 Å². The first kappa shape index (κ1) is 21.6. The minimum Gasteiger partial charge on any atom is -0.445 e. The van der Waals surface area contributed by atoms with Gasteiger partial charge in [-0.05, 0) is 43.2 Å². The van der Waals surface area contributed by atoms with Crippen molar-refractivity contribution in [3.63, 3.8) is 0 Å². The normalized spacial score (nSPS) is 20.6. The number of nitrogens with one attached hydrogen (secondary N) is 1. The lowest BCUT2D eigenvalue weighted by atomic mass is 9.85. The number of hydrogen-bond acceptors (Lipinski definition) is 6. The zero-order chi connectivity index (χ0) is 21.6. The highest BCUT2D eigenvalue weighted by Gasteiger charge is 2.37. The number of piperidine rings is 1. The van der Waals surface area contributed by atoms with Crippen molar-refractivity contribution in [2.75, 3.05) is 25.9 Å². The molecule has 0 aliphatic carbocycles. The van der Waals surface area contributed by atoms with Gasteiger partial charge in [0.1, 0.15) is 12.6 Å². The van der Waals surface area contributed by atoms with E-state index in [0.717, 1.165) is 54.5 Å². The van der Waals surface area contributed by atoms with Gasteiger partial charge < -0.3 is 14.9 Å². The van der Waals surface area contributed by atoms with Gasteiger partial charge in [-0.2, -0.15) is 0 Å². The molecule has 1 amide bonds. The van der Waals surface area contributed by atoms with E-state index in [9.17, 15) is 4.79 Å².